The van der Waals surface area contributed by atoms with Crippen LogP contribution in [0.4, 0.5) is 10.2 Å². The molecule has 0 saturated heterocycles. The van der Waals surface area contributed by atoms with E-state index < -0.39 is 5.82 Å². The van der Waals surface area contributed by atoms with Gasteiger partial charge in [-0.2, -0.15) is 5.10 Å². The van der Waals surface area contributed by atoms with Crippen LogP contribution >= 0.6 is 22.9 Å². The molecule has 0 aliphatic carbocycles. The number of nitrogens with two attached hydrogens (primary N) is 1. The van der Waals surface area contributed by atoms with Crippen molar-refractivity contribution in [2.75, 3.05) is 5.73 Å². The van der Waals surface area contributed by atoms with E-state index in [1.807, 2.05) is 17.5 Å². The molecule has 0 radical (unpaired) electrons. The molecule has 0 amide bonds. The van der Waals surface area contributed by atoms with Gasteiger partial charge in [0.15, 0.2) is 0 Å². The van der Waals surface area contributed by atoms with Gasteiger partial charge < -0.3 is 5.73 Å². The summed E-state index contributed by atoms with van der Waals surface area (Å²) >= 11 is 7.66. The Labute approximate surface area is 124 Å². The summed E-state index contributed by atoms with van der Waals surface area (Å²) in [6, 6.07) is 8.42. The zero-order valence-electron chi connectivity index (χ0n) is 10.6. The summed E-state index contributed by atoms with van der Waals surface area (Å²) in [5.74, 6) is 0.0789. The molecular weight excluding hydrogens is 297 g/mol. The molecule has 0 aliphatic rings. The fourth-order valence-electron chi connectivity index (χ4n) is 2.10. The minimum absolute atomic E-state index is 0.282. The Bertz CT molecular complexity index is 745. The summed E-state index contributed by atoms with van der Waals surface area (Å²) in [6.45, 7) is 0. The number of hydrogen-bond acceptors (Lipinski definition) is 3. The number of rotatable bonds is 2. The summed E-state index contributed by atoms with van der Waals surface area (Å²) < 4.78 is 15.7. The molecule has 0 saturated carbocycles. The molecule has 2 heterocycles. The van der Waals surface area contributed by atoms with Crippen LogP contribution in [0.3, 0.4) is 0 Å². The summed E-state index contributed by atoms with van der Waals surface area (Å²) in [7, 11) is 1.73. The van der Waals surface area contributed by atoms with Crippen LogP contribution < -0.4 is 5.73 Å². The fraction of sp³-hybridized carbons (Fsp3) is 0.0714. The molecule has 0 atom stereocenters. The minimum Gasteiger partial charge on any atom is -0.383 e. The molecule has 0 aliphatic heterocycles. The first kappa shape index (κ1) is 13.1. The second-order valence-electron chi connectivity index (χ2n) is 4.31. The number of thiophene rings is 1. The maximum Gasteiger partial charge on any atom is 0.134 e. The molecule has 3 rings (SSSR count). The summed E-state index contributed by atoms with van der Waals surface area (Å²) in [6.07, 6.45) is 0. The zero-order chi connectivity index (χ0) is 14.3. The highest BCUT2D eigenvalue weighted by Crippen LogP contribution is 2.41. The van der Waals surface area contributed by atoms with Crippen molar-refractivity contribution in [3.8, 4) is 21.7 Å². The van der Waals surface area contributed by atoms with E-state index in [1.54, 1.807) is 19.2 Å². The van der Waals surface area contributed by atoms with Gasteiger partial charge in [-0.3, -0.25) is 4.68 Å². The van der Waals surface area contributed by atoms with Crippen molar-refractivity contribution in [3.63, 3.8) is 0 Å². The average Bonchev–Trinajstić information content (AvgIpc) is 3.00. The zero-order valence-corrected chi connectivity index (χ0v) is 12.2. The highest BCUT2D eigenvalue weighted by molar-refractivity contribution is 7.13. The summed E-state index contributed by atoms with van der Waals surface area (Å²) in [5.41, 5.74) is 7.54. The number of hydrogen-bond donors (Lipinski definition) is 1. The van der Waals surface area contributed by atoms with Gasteiger partial charge in [-0.15, -0.1) is 11.3 Å². The predicted octanol–water partition coefficient (Wildman–Crippen LogP) is 4.19. The Kier molecular flexibility index (Phi) is 3.23. The van der Waals surface area contributed by atoms with Gasteiger partial charge in [-0.05, 0) is 23.6 Å². The number of nitrogen functional groups attached to an aromatic ring is 1. The van der Waals surface area contributed by atoms with Crippen LogP contribution in [0.25, 0.3) is 21.7 Å². The van der Waals surface area contributed by atoms with Crippen LogP contribution in [0.1, 0.15) is 0 Å². The molecule has 102 valence electrons. The Hall–Kier alpha value is -1.85. The van der Waals surface area contributed by atoms with E-state index in [0.29, 0.717) is 16.5 Å². The van der Waals surface area contributed by atoms with Crippen LogP contribution in [0, 0.1) is 5.82 Å². The van der Waals surface area contributed by atoms with E-state index in [9.17, 15) is 4.39 Å². The Morgan fingerprint density at radius 2 is 2.05 bits per heavy atom. The van der Waals surface area contributed by atoms with Crippen molar-refractivity contribution in [2.45, 2.75) is 0 Å². The number of aromatic nitrogens is 2. The Morgan fingerprint density at radius 3 is 2.70 bits per heavy atom. The summed E-state index contributed by atoms with van der Waals surface area (Å²) in [5, 5.41) is 6.59. The van der Waals surface area contributed by atoms with Crippen LogP contribution in [-0.2, 0) is 7.05 Å². The largest absolute Gasteiger partial charge is 0.383 e. The number of nitrogens with zero attached hydrogens (tertiary/aromatic N) is 2. The van der Waals surface area contributed by atoms with Crippen LogP contribution in [0.2, 0.25) is 5.02 Å². The number of anilines is 1. The first-order valence-corrected chi connectivity index (χ1v) is 7.16. The quantitative estimate of drug-likeness (QED) is 0.771. The van der Waals surface area contributed by atoms with Gasteiger partial charge in [0.2, 0.25) is 0 Å². The topological polar surface area (TPSA) is 43.8 Å². The van der Waals surface area contributed by atoms with Gasteiger partial charge in [0, 0.05) is 11.9 Å². The lowest BCUT2D eigenvalue weighted by Crippen LogP contribution is -1.97. The maximum absolute atomic E-state index is 14.1. The van der Waals surface area contributed by atoms with E-state index in [4.69, 9.17) is 17.3 Å². The van der Waals surface area contributed by atoms with E-state index in [-0.39, 0.29) is 5.56 Å². The third-order valence-electron chi connectivity index (χ3n) is 3.06. The average molecular weight is 308 g/mol. The lowest BCUT2D eigenvalue weighted by molar-refractivity contribution is 0.630. The maximum atomic E-state index is 14.1. The highest BCUT2D eigenvalue weighted by Gasteiger charge is 2.22. The monoisotopic (exact) mass is 307 g/mol. The van der Waals surface area contributed by atoms with Gasteiger partial charge in [-0.1, -0.05) is 23.7 Å². The molecule has 0 spiro atoms. The molecule has 3 nitrogen and oxygen atoms in total. The highest BCUT2D eigenvalue weighted by atomic mass is 35.5. The first-order chi connectivity index (χ1) is 9.59. The molecule has 3 aromatic rings. The SMILES string of the molecule is Cn1nc(-c2c(F)cccc2Cl)c(-c2cccs2)c1N. The van der Waals surface area contributed by atoms with Crippen LogP contribution in [-0.4, -0.2) is 9.78 Å². The third kappa shape index (κ3) is 1.99. The van der Waals surface area contributed by atoms with Crippen LogP contribution in [0.15, 0.2) is 35.7 Å². The standard InChI is InChI=1S/C14H11ClFN3S/c1-19-14(17)12(10-6-3-7-20-10)13(18-19)11-8(15)4-2-5-9(11)16/h2-7H,17H2,1H3. The Morgan fingerprint density at radius 1 is 1.25 bits per heavy atom. The van der Waals surface area contributed by atoms with E-state index in [0.717, 1.165) is 10.4 Å². The number of halogens is 2. The second-order valence-corrected chi connectivity index (χ2v) is 5.66. The molecule has 0 fully saturated rings. The van der Waals surface area contributed by atoms with Gasteiger partial charge in [0.25, 0.3) is 0 Å². The number of benzene rings is 1. The predicted molar refractivity (Wildman–Crippen MR) is 81.3 cm³/mol. The van der Waals surface area contributed by atoms with E-state index in [1.165, 1.54) is 22.1 Å². The third-order valence-corrected chi connectivity index (χ3v) is 4.26. The lowest BCUT2D eigenvalue weighted by atomic mass is 10.1. The van der Waals surface area contributed by atoms with E-state index in [2.05, 4.69) is 5.10 Å². The summed E-state index contributed by atoms with van der Waals surface area (Å²) in [4.78, 5) is 0.935. The molecule has 1 aromatic carbocycles. The Balaban J connectivity index is 2.33. The van der Waals surface area contributed by atoms with Crippen molar-refractivity contribution in [1.29, 1.82) is 0 Å². The van der Waals surface area contributed by atoms with Crippen LogP contribution in [0.5, 0.6) is 0 Å². The molecule has 0 bridgehead atoms. The molecule has 2 aromatic heterocycles. The van der Waals surface area contributed by atoms with Gasteiger partial charge >= 0.3 is 0 Å². The van der Waals surface area contributed by atoms with Crippen molar-refractivity contribution in [3.05, 3.63) is 46.6 Å². The lowest BCUT2D eigenvalue weighted by Gasteiger charge is -2.05. The van der Waals surface area contributed by atoms with Gasteiger partial charge in [-0.25, -0.2) is 4.39 Å². The minimum atomic E-state index is -0.409. The molecule has 20 heavy (non-hydrogen) atoms. The van der Waals surface area contributed by atoms with Crippen molar-refractivity contribution in [1.82, 2.24) is 9.78 Å². The van der Waals surface area contributed by atoms with Crippen molar-refractivity contribution in [2.24, 2.45) is 7.05 Å². The van der Waals surface area contributed by atoms with Crippen molar-refractivity contribution >= 4 is 28.8 Å². The first-order valence-electron chi connectivity index (χ1n) is 5.90. The van der Waals surface area contributed by atoms with Crippen molar-refractivity contribution < 1.29 is 4.39 Å². The van der Waals surface area contributed by atoms with Gasteiger partial charge in [0.05, 0.1) is 16.1 Å². The molecular formula is C14H11ClFN3S. The van der Waals surface area contributed by atoms with Gasteiger partial charge in [0.1, 0.15) is 17.3 Å². The number of aryl methyl sites for hydroxylation is 1. The van der Waals surface area contributed by atoms with E-state index >= 15 is 0 Å². The fourth-order valence-corrected chi connectivity index (χ4v) is 3.13. The molecule has 2 N–H and O–H groups in total. The second kappa shape index (κ2) is 4.92. The normalized spacial score (nSPS) is 10.9. The molecule has 6 heteroatoms. The molecule has 0 unspecified atom stereocenters. The smallest absolute Gasteiger partial charge is 0.134 e.